The van der Waals surface area contributed by atoms with E-state index in [4.69, 9.17) is 4.99 Å². The largest absolute Gasteiger partial charge is 0.507 e. The van der Waals surface area contributed by atoms with Gasteiger partial charge in [0.15, 0.2) is 0 Å². The van der Waals surface area contributed by atoms with Crippen molar-refractivity contribution in [3.05, 3.63) is 29.3 Å². The van der Waals surface area contributed by atoms with Crippen molar-refractivity contribution in [2.24, 2.45) is 22.7 Å². The van der Waals surface area contributed by atoms with Crippen LogP contribution in [-0.4, -0.2) is 17.4 Å². The number of nitrogens with zero attached hydrogens (tertiary/aromatic N) is 1. The summed E-state index contributed by atoms with van der Waals surface area (Å²) in [4.78, 5) is 4.85. The predicted octanol–water partition coefficient (Wildman–Crippen LogP) is 3.94. The maximum absolute atomic E-state index is 10.0. The van der Waals surface area contributed by atoms with Crippen LogP contribution in [0.3, 0.4) is 0 Å². The Kier molecular flexibility index (Phi) is 3.34. The van der Waals surface area contributed by atoms with Gasteiger partial charge in [0.1, 0.15) is 5.75 Å². The van der Waals surface area contributed by atoms with E-state index in [9.17, 15) is 5.11 Å². The number of aliphatic imine (C=N–C) groups is 1. The molecule has 1 aromatic carbocycles. The quantitative estimate of drug-likeness (QED) is 0.817. The van der Waals surface area contributed by atoms with Crippen molar-refractivity contribution in [3.63, 3.8) is 0 Å². The zero-order valence-electron chi connectivity index (χ0n) is 11.8. The first-order chi connectivity index (χ1) is 9.20. The van der Waals surface area contributed by atoms with E-state index < -0.39 is 0 Å². The number of phenols is 1. The summed E-state index contributed by atoms with van der Waals surface area (Å²) in [7, 11) is 0. The molecule has 2 aliphatic carbocycles. The lowest BCUT2D eigenvalue weighted by atomic mass is 9.83. The summed E-state index contributed by atoms with van der Waals surface area (Å²) < 4.78 is 0. The van der Waals surface area contributed by atoms with Crippen molar-refractivity contribution in [2.75, 3.05) is 0 Å². The molecule has 2 saturated carbocycles. The van der Waals surface area contributed by atoms with Gasteiger partial charge in [0.05, 0.1) is 6.04 Å². The highest BCUT2D eigenvalue weighted by atomic mass is 16.3. The highest BCUT2D eigenvalue weighted by Crippen LogP contribution is 2.51. The van der Waals surface area contributed by atoms with Gasteiger partial charge in [-0.2, -0.15) is 0 Å². The first-order valence-corrected chi connectivity index (χ1v) is 7.52. The average Bonchev–Trinajstić information content (AvgIpc) is 3.00. The number of para-hydroxylation sites is 1. The third-order valence-electron chi connectivity index (χ3n) is 5.17. The molecule has 0 saturated heterocycles. The molecule has 2 fully saturated rings. The van der Waals surface area contributed by atoms with Crippen LogP contribution >= 0.6 is 0 Å². The first kappa shape index (κ1) is 12.7. The number of benzene rings is 1. The molecule has 1 N–H and O–H groups in total. The van der Waals surface area contributed by atoms with Gasteiger partial charge in [-0.05, 0) is 55.6 Å². The third kappa shape index (κ3) is 2.18. The monoisotopic (exact) mass is 257 g/mol. The van der Waals surface area contributed by atoms with E-state index in [1.165, 1.54) is 25.7 Å². The fraction of sp³-hybridized carbons (Fsp3) is 0.588. The number of hydrogen-bond acceptors (Lipinski definition) is 2. The van der Waals surface area contributed by atoms with Crippen LogP contribution in [0.1, 0.15) is 43.7 Å². The molecule has 102 valence electrons. The van der Waals surface area contributed by atoms with Crippen LogP contribution < -0.4 is 0 Å². The zero-order chi connectivity index (χ0) is 13.4. The van der Waals surface area contributed by atoms with Crippen molar-refractivity contribution in [3.8, 4) is 5.75 Å². The average molecular weight is 257 g/mol. The van der Waals surface area contributed by atoms with Crippen LogP contribution in [0, 0.1) is 24.7 Å². The molecule has 4 atom stereocenters. The number of phenolic OH excluding ortho intramolecular Hbond substituents is 1. The van der Waals surface area contributed by atoms with Crippen LogP contribution in [-0.2, 0) is 0 Å². The summed E-state index contributed by atoms with van der Waals surface area (Å²) in [6.07, 6.45) is 7.27. The van der Waals surface area contributed by atoms with E-state index in [1.807, 2.05) is 31.3 Å². The lowest BCUT2D eigenvalue weighted by molar-refractivity contribution is 0.283. The summed E-state index contributed by atoms with van der Waals surface area (Å²) >= 11 is 0. The van der Waals surface area contributed by atoms with Gasteiger partial charge in [-0.3, -0.25) is 4.99 Å². The Hall–Kier alpha value is -1.31. The Balaban J connectivity index is 1.81. The SMILES string of the molecule is CCC1C2CCC(C2)C1N=Cc1cccc(C)c1O. The molecule has 0 aromatic heterocycles. The van der Waals surface area contributed by atoms with Gasteiger partial charge in [-0.25, -0.2) is 0 Å². The van der Waals surface area contributed by atoms with Crippen LogP contribution in [0.2, 0.25) is 0 Å². The van der Waals surface area contributed by atoms with E-state index in [2.05, 4.69) is 6.92 Å². The standard InChI is InChI=1S/C17H23NO/c1-3-15-12-7-8-13(9-12)16(15)18-10-14-6-4-5-11(2)17(14)19/h4-6,10,12-13,15-16,19H,3,7-9H2,1-2H3. The minimum absolute atomic E-state index is 0.377. The Labute approximate surface area is 115 Å². The molecular formula is C17H23NO. The zero-order valence-corrected chi connectivity index (χ0v) is 11.8. The Morgan fingerprint density at radius 1 is 1.32 bits per heavy atom. The third-order valence-corrected chi connectivity index (χ3v) is 5.17. The summed E-state index contributed by atoms with van der Waals surface area (Å²) in [6, 6.07) is 6.34. The molecule has 19 heavy (non-hydrogen) atoms. The second kappa shape index (κ2) is 4.99. The lowest BCUT2D eigenvalue weighted by Crippen LogP contribution is -2.25. The van der Waals surface area contributed by atoms with Gasteiger partial charge in [0.2, 0.25) is 0 Å². The molecular weight excluding hydrogens is 234 g/mol. The second-order valence-electron chi connectivity index (χ2n) is 6.19. The predicted molar refractivity (Wildman–Crippen MR) is 78.8 cm³/mol. The number of fused-ring (bicyclic) bond motifs is 2. The molecule has 2 aliphatic rings. The van der Waals surface area contributed by atoms with Crippen molar-refractivity contribution >= 4 is 6.21 Å². The van der Waals surface area contributed by atoms with Crippen molar-refractivity contribution in [1.82, 2.24) is 0 Å². The van der Waals surface area contributed by atoms with Gasteiger partial charge in [0.25, 0.3) is 0 Å². The van der Waals surface area contributed by atoms with Gasteiger partial charge >= 0.3 is 0 Å². The van der Waals surface area contributed by atoms with Gasteiger partial charge < -0.3 is 5.11 Å². The maximum atomic E-state index is 10.0. The van der Waals surface area contributed by atoms with Gasteiger partial charge in [-0.15, -0.1) is 0 Å². The van der Waals surface area contributed by atoms with Crippen LogP contribution in [0.25, 0.3) is 0 Å². The van der Waals surface area contributed by atoms with Crippen molar-refractivity contribution < 1.29 is 5.11 Å². The highest BCUT2D eigenvalue weighted by molar-refractivity contribution is 5.84. The van der Waals surface area contributed by atoms with Crippen LogP contribution in [0.5, 0.6) is 5.75 Å². The minimum atomic E-state index is 0.377. The fourth-order valence-electron chi connectivity index (χ4n) is 4.14. The van der Waals surface area contributed by atoms with E-state index >= 15 is 0 Å². The molecule has 4 unspecified atom stereocenters. The molecule has 2 heteroatoms. The molecule has 0 radical (unpaired) electrons. The number of aryl methyl sites for hydroxylation is 1. The topological polar surface area (TPSA) is 32.6 Å². The number of hydrogen-bond donors (Lipinski definition) is 1. The van der Waals surface area contributed by atoms with Gasteiger partial charge in [-0.1, -0.05) is 25.5 Å². The highest BCUT2D eigenvalue weighted by Gasteiger charge is 2.46. The van der Waals surface area contributed by atoms with Crippen molar-refractivity contribution in [2.45, 2.75) is 45.6 Å². The molecule has 1 aromatic rings. The number of rotatable bonds is 3. The van der Waals surface area contributed by atoms with E-state index in [0.717, 1.165) is 28.9 Å². The summed E-state index contributed by atoms with van der Waals surface area (Å²) in [5, 5.41) is 10.0. The van der Waals surface area contributed by atoms with Crippen LogP contribution in [0.15, 0.2) is 23.2 Å². The van der Waals surface area contributed by atoms with E-state index in [0.29, 0.717) is 11.8 Å². The lowest BCUT2D eigenvalue weighted by Gasteiger charge is -2.27. The smallest absolute Gasteiger partial charge is 0.127 e. The fourth-order valence-corrected chi connectivity index (χ4v) is 4.14. The minimum Gasteiger partial charge on any atom is -0.507 e. The molecule has 2 bridgehead atoms. The van der Waals surface area contributed by atoms with Crippen molar-refractivity contribution in [1.29, 1.82) is 0 Å². The molecule has 0 amide bonds. The summed E-state index contributed by atoms with van der Waals surface area (Å²) in [5.74, 6) is 2.84. The first-order valence-electron chi connectivity index (χ1n) is 7.52. The maximum Gasteiger partial charge on any atom is 0.127 e. The van der Waals surface area contributed by atoms with E-state index in [-0.39, 0.29) is 0 Å². The summed E-state index contributed by atoms with van der Waals surface area (Å²) in [5.41, 5.74) is 1.78. The Morgan fingerprint density at radius 3 is 2.89 bits per heavy atom. The van der Waals surface area contributed by atoms with Gasteiger partial charge in [0, 0.05) is 11.8 Å². The normalized spacial score (nSPS) is 33.4. The Bertz CT molecular complexity index is 494. The van der Waals surface area contributed by atoms with Crippen LogP contribution in [0.4, 0.5) is 0 Å². The molecule has 0 aliphatic heterocycles. The van der Waals surface area contributed by atoms with E-state index in [1.54, 1.807) is 0 Å². The second-order valence-corrected chi connectivity index (χ2v) is 6.19. The molecule has 0 heterocycles. The number of aromatic hydroxyl groups is 1. The summed E-state index contributed by atoms with van der Waals surface area (Å²) in [6.45, 7) is 4.22. The Morgan fingerprint density at radius 2 is 2.11 bits per heavy atom. The molecule has 3 rings (SSSR count). The molecule has 0 spiro atoms. The molecule has 2 nitrogen and oxygen atoms in total.